The van der Waals surface area contributed by atoms with Crippen LogP contribution in [-0.2, 0) is 30.0 Å². The van der Waals surface area contributed by atoms with E-state index in [1.54, 1.807) is 11.6 Å². The minimum absolute atomic E-state index is 0.0558. The Hall–Kier alpha value is -2.45. The molecule has 3 aromatic rings. The number of aryl methyl sites for hydroxylation is 1. The Kier molecular flexibility index (Phi) is 3.50. The number of imidazole rings is 1. The lowest BCUT2D eigenvalue weighted by Gasteiger charge is -2.23. The number of fused-ring (bicyclic) bond motifs is 1. The lowest BCUT2D eigenvalue weighted by atomic mass is 10.2. The van der Waals surface area contributed by atoms with E-state index in [4.69, 9.17) is 4.42 Å². The number of sulfonamides is 1. The first-order chi connectivity index (χ1) is 11.5. The number of nitrogens with zero attached hydrogens (tertiary/aromatic N) is 4. The Morgan fingerprint density at radius 1 is 1.21 bits per heavy atom. The van der Waals surface area contributed by atoms with Gasteiger partial charge < -0.3 is 8.98 Å². The lowest BCUT2D eigenvalue weighted by Crippen LogP contribution is -2.36. The van der Waals surface area contributed by atoms with Gasteiger partial charge in [0.1, 0.15) is 5.76 Å². The van der Waals surface area contributed by atoms with E-state index in [9.17, 15) is 8.42 Å². The molecular formula is C16H16N4O3S. The van der Waals surface area contributed by atoms with Crippen LogP contribution in [0.5, 0.6) is 0 Å². The average molecular weight is 344 g/mol. The van der Waals surface area contributed by atoms with Crippen LogP contribution in [0.15, 0.2) is 52.3 Å². The quantitative estimate of drug-likeness (QED) is 0.724. The molecule has 0 bridgehead atoms. The van der Waals surface area contributed by atoms with Crippen molar-refractivity contribution in [3.05, 3.63) is 54.3 Å². The molecule has 0 fully saturated rings. The second-order valence-electron chi connectivity index (χ2n) is 5.72. The number of aromatic nitrogens is 3. The van der Waals surface area contributed by atoms with Crippen molar-refractivity contribution in [2.24, 2.45) is 7.05 Å². The minimum Gasteiger partial charge on any atom is -0.441 e. The molecule has 0 N–H and O–H groups in total. The van der Waals surface area contributed by atoms with Crippen LogP contribution in [0.3, 0.4) is 0 Å². The van der Waals surface area contributed by atoms with E-state index >= 15 is 0 Å². The van der Waals surface area contributed by atoms with E-state index in [1.165, 1.54) is 16.8 Å². The van der Waals surface area contributed by atoms with E-state index in [1.807, 2.05) is 30.3 Å². The van der Waals surface area contributed by atoms with Crippen molar-refractivity contribution in [2.75, 3.05) is 6.54 Å². The zero-order valence-electron chi connectivity index (χ0n) is 13.1. The van der Waals surface area contributed by atoms with Gasteiger partial charge >= 0.3 is 0 Å². The molecule has 24 heavy (non-hydrogen) atoms. The Balaban J connectivity index is 1.63. The summed E-state index contributed by atoms with van der Waals surface area (Å²) in [5, 5.41) is 0.0558. The highest BCUT2D eigenvalue weighted by atomic mass is 32.2. The molecule has 1 aliphatic heterocycles. The third-order valence-electron chi connectivity index (χ3n) is 4.00. The number of oxazole rings is 1. The molecule has 124 valence electrons. The fraction of sp³-hybridized carbons (Fsp3) is 0.250. The molecule has 8 heteroatoms. The minimum atomic E-state index is -3.62. The maximum Gasteiger partial charge on any atom is 0.262 e. The average Bonchev–Trinajstić information content (AvgIpc) is 3.21. The summed E-state index contributed by atoms with van der Waals surface area (Å²) in [6.07, 6.45) is 3.48. The summed E-state index contributed by atoms with van der Waals surface area (Å²) >= 11 is 0. The predicted molar refractivity (Wildman–Crippen MR) is 86.4 cm³/mol. The third-order valence-corrected chi connectivity index (χ3v) is 5.73. The van der Waals surface area contributed by atoms with Crippen LogP contribution in [0.1, 0.15) is 11.5 Å². The van der Waals surface area contributed by atoms with E-state index < -0.39 is 10.0 Å². The van der Waals surface area contributed by atoms with Crippen molar-refractivity contribution in [1.29, 1.82) is 0 Å². The van der Waals surface area contributed by atoms with Gasteiger partial charge in [-0.25, -0.2) is 18.4 Å². The van der Waals surface area contributed by atoms with Crippen molar-refractivity contribution >= 4 is 10.0 Å². The summed E-state index contributed by atoms with van der Waals surface area (Å²) in [5.74, 6) is 1.28. The number of hydrogen-bond donors (Lipinski definition) is 0. The molecule has 0 unspecified atom stereocenters. The normalized spacial score (nSPS) is 15.4. The smallest absolute Gasteiger partial charge is 0.262 e. The van der Waals surface area contributed by atoms with Gasteiger partial charge in [-0.3, -0.25) is 0 Å². The monoisotopic (exact) mass is 344 g/mol. The molecule has 1 aromatic carbocycles. The molecular weight excluding hydrogens is 328 g/mol. The second kappa shape index (κ2) is 5.57. The SMILES string of the molecule is Cn1cnc(S(=O)(=O)N2CCc3oc(-c4ccccc4)nc3C2)c1. The van der Waals surface area contributed by atoms with Gasteiger partial charge in [0, 0.05) is 31.8 Å². The van der Waals surface area contributed by atoms with Gasteiger partial charge in [0.25, 0.3) is 10.0 Å². The van der Waals surface area contributed by atoms with Crippen molar-refractivity contribution in [3.8, 4) is 11.5 Å². The van der Waals surface area contributed by atoms with E-state index in [2.05, 4.69) is 9.97 Å². The second-order valence-corrected chi connectivity index (χ2v) is 7.61. The molecule has 0 radical (unpaired) electrons. The summed E-state index contributed by atoms with van der Waals surface area (Å²) in [4.78, 5) is 8.45. The van der Waals surface area contributed by atoms with Gasteiger partial charge in [0.15, 0.2) is 5.03 Å². The van der Waals surface area contributed by atoms with E-state index in [0.29, 0.717) is 24.6 Å². The Labute approximate surface area is 139 Å². The maximum absolute atomic E-state index is 12.7. The van der Waals surface area contributed by atoms with Crippen molar-refractivity contribution in [1.82, 2.24) is 18.8 Å². The molecule has 3 heterocycles. The van der Waals surface area contributed by atoms with Crippen LogP contribution in [0.4, 0.5) is 0 Å². The number of rotatable bonds is 3. The molecule has 2 aromatic heterocycles. The van der Waals surface area contributed by atoms with Gasteiger partial charge in [0.2, 0.25) is 5.89 Å². The first kappa shape index (κ1) is 15.1. The molecule has 0 spiro atoms. The van der Waals surface area contributed by atoms with Crippen molar-refractivity contribution < 1.29 is 12.8 Å². The fourth-order valence-corrected chi connectivity index (χ4v) is 4.11. The highest BCUT2D eigenvalue weighted by Gasteiger charge is 2.32. The number of hydrogen-bond acceptors (Lipinski definition) is 5. The summed E-state index contributed by atoms with van der Waals surface area (Å²) in [5.41, 5.74) is 1.55. The summed E-state index contributed by atoms with van der Waals surface area (Å²) in [7, 11) is -1.88. The summed E-state index contributed by atoms with van der Waals surface area (Å²) in [6, 6.07) is 9.58. The standard InChI is InChI=1S/C16H16N4O3S/c1-19-10-15(17-11-19)24(21,22)20-8-7-14-13(9-20)18-16(23-14)12-5-3-2-4-6-12/h2-6,10-11H,7-9H2,1H3. The Bertz CT molecular complexity index is 976. The predicted octanol–water partition coefficient (Wildman–Crippen LogP) is 1.82. The highest BCUT2D eigenvalue weighted by molar-refractivity contribution is 7.89. The van der Waals surface area contributed by atoms with E-state index in [-0.39, 0.29) is 11.6 Å². The molecule has 4 rings (SSSR count). The van der Waals surface area contributed by atoms with Crippen LogP contribution in [-0.4, -0.2) is 33.8 Å². The molecule has 0 amide bonds. The van der Waals surface area contributed by atoms with Gasteiger partial charge in [-0.1, -0.05) is 18.2 Å². The van der Waals surface area contributed by atoms with Crippen LogP contribution < -0.4 is 0 Å². The van der Waals surface area contributed by atoms with Crippen molar-refractivity contribution in [2.45, 2.75) is 18.0 Å². The van der Waals surface area contributed by atoms with Gasteiger partial charge in [-0.15, -0.1) is 0 Å². The summed E-state index contributed by atoms with van der Waals surface area (Å²) < 4.78 is 34.2. The van der Waals surface area contributed by atoms with Crippen LogP contribution in [0.25, 0.3) is 11.5 Å². The van der Waals surface area contributed by atoms with Crippen molar-refractivity contribution in [3.63, 3.8) is 0 Å². The van der Waals surface area contributed by atoms with Gasteiger partial charge in [-0.05, 0) is 12.1 Å². The van der Waals surface area contributed by atoms with Gasteiger partial charge in [-0.2, -0.15) is 4.31 Å². The molecule has 0 saturated carbocycles. The van der Waals surface area contributed by atoms with Crippen LogP contribution in [0.2, 0.25) is 0 Å². The molecule has 1 aliphatic rings. The topological polar surface area (TPSA) is 81.2 Å². The third kappa shape index (κ3) is 2.53. The zero-order valence-corrected chi connectivity index (χ0v) is 13.9. The zero-order chi connectivity index (χ0) is 16.7. The van der Waals surface area contributed by atoms with Crippen LogP contribution >= 0.6 is 0 Å². The molecule has 0 saturated heterocycles. The first-order valence-corrected chi connectivity index (χ1v) is 9.00. The molecule has 7 nitrogen and oxygen atoms in total. The molecule has 0 atom stereocenters. The largest absolute Gasteiger partial charge is 0.441 e. The maximum atomic E-state index is 12.7. The lowest BCUT2D eigenvalue weighted by molar-refractivity contribution is 0.361. The highest BCUT2D eigenvalue weighted by Crippen LogP contribution is 2.28. The molecule has 0 aliphatic carbocycles. The van der Waals surface area contributed by atoms with E-state index in [0.717, 1.165) is 11.3 Å². The number of benzene rings is 1. The first-order valence-electron chi connectivity index (χ1n) is 7.56. The fourth-order valence-electron chi connectivity index (χ4n) is 2.74. The summed E-state index contributed by atoms with van der Waals surface area (Å²) in [6.45, 7) is 0.555. The Morgan fingerprint density at radius 3 is 2.71 bits per heavy atom. The van der Waals surface area contributed by atoms with Gasteiger partial charge in [0.05, 0.1) is 18.6 Å². The van der Waals surface area contributed by atoms with Crippen LogP contribution in [0, 0.1) is 0 Å². The Morgan fingerprint density at radius 2 is 2.00 bits per heavy atom.